The summed E-state index contributed by atoms with van der Waals surface area (Å²) in [6, 6.07) is 14.5. The molecule has 120 valence electrons. The van der Waals surface area contributed by atoms with E-state index in [9.17, 15) is 9.59 Å². The van der Waals surface area contributed by atoms with E-state index >= 15 is 0 Å². The molecule has 0 spiro atoms. The van der Waals surface area contributed by atoms with E-state index in [4.69, 9.17) is 4.74 Å². The number of methoxy groups -OCH3 is 1. The van der Waals surface area contributed by atoms with E-state index in [0.29, 0.717) is 11.4 Å². The van der Waals surface area contributed by atoms with E-state index in [-0.39, 0.29) is 11.8 Å². The van der Waals surface area contributed by atoms with Crippen molar-refractivity contribution in [3.63, 3.8) is 0 Å². The maximum atomic E-state index is 12.9. The normalized spacial score (nSPS) is 22.2. The van der Waals surface area contributed by atoms with Crippen LogP contribution >= 0.6 is 0 Å². The van der Waals surface area contributed by atoms with Gasteiger partial charge in [0.1, 0.15) is 5.75 Å². The average molecular weight is 322 g/mol. The molecule has 0 aliphatic carbocycles. The number of anilines is 2. The molecule has 2 heterocycles. The molecular weight excluding hydrogens is 308 g/mol. The first-order valence-corrected chi connectivity index (χ1v) is 7.47. The number of ether oxygens (including phenoxy) is 1. The van der Waals surface area contributed by atoms with Crippen LogP contribution in [-0.2, 0) is 9.59 Å². The Kier molecular flexibility index (Phi) is 3.26. The van der Waals surface area contributed by atoms with E-state index in [1.807, 2.05) is 30.3 Å². The number of rotatable bonds is 3. The molecule has 0 aromatic heterocycles. The van der Waals surface area contributed by atoms with Crippen LogP contribution in [0.5, 0.6) is 5.75 Å². The highest BCUT2D eigenvalue weighted by atomic mass is 16.5. The van der Waals surface area contributed by atoms with Crippen molar-refractivity contribution in [2.24, 2.45) is 10.3 Å². The van der Waals surface area contributed by atoms with Crippen molar-refractivity contribution in [1.29, 1.82) is 0 Å². The maximum Gasteiger partial charge on any atom is 0.263 e. The van der Waals surface area contributed by atoms with E-state index < -0.39 is 12.1 Å². The minimum Gasteiger partial charge on any atom is -0.497 e. The van der Waals surface area contributed by atoms with Gasteiger partial charge in [0.2, 0.25) is 0 Å². The SMILES string of the molecule is COc1cccc(N2C(=O)[C@H]3N=NN(c4ccccc4)[C@@H]3C2=O)c1. The lowest BCUT2D eigenvalue weighted by molar-refractivity contribution is -0.121. The van der Waals surface area contributed by atoms with Crippen LogP contribution in [0.1, 0.15) is 0 Å². The Balaban J connectivity index is 1.70. The predicted octanol–water partition coefficient (Wildman–Crippen LogP) is 2.19. The second-order valence-corrected chi connectivity index (χ2v) is 5.49. The number of carbonyl (C=O) groups is 2. The Hall–Kier alpha value is -3.22. The summed E-state index contributed by atoms with van der Waals surface area (Å²) in [5.41, 5.74) is 1.20. The molecule has 0 unspecified atom stereocenters. The van der Waals surface area contributed by atoms with Gasteiger partial charge in [-0.25, -0.2) is 9.91 Å². The van der Waals surface area contributed by atoms with Crippen LogP contribution in [0.2, 0.25) is 0 Å². The molecule has 2 amide bonds. The summed E-state index contributed by atoms with van der Waals surface area (Å²) in [4.78, 5) is 26.7. The molecule has 0 saturated carbocycles. The Morgan fingerprint density at radius 3 is 2.46 bits per heavy atom. The molecule has 4 rings (SSSR count). The number of benzene rings is 2. The van der Waals surface area contributed by atoms with Gasteiger partial charge in [-0.15, -0.1) is 0 Å². The van der Waals surface area contributed by atoms with Crippen molar-refractivity contribution >= 4 is 23.2 Å². The fourth-order valence-electron chi connectivity index (χ4n) is 2.96. The van der Waals surface area contributed by atoms with Crippen LogP contribution in [0.3, 0.4) is 0 Å². The number of carbonyl (C=O) groups excluding carboxylic acids is 2. The lowest BCUT2D eigenvalue weighted by Gasteiger charge is -2.20. The molecule has 7 heteroatoms. The van der Waals surface area contributed by atoms with Crippen LogP contribution in [-0.4, -0.2) is 31.0 Å². The summed E-state index contributed by atoms with van der Waals surface area (Å²) in [5.74, 6) is -0.140. The highest BCUT2D eigenvalue weighted by molar-refractivity contribution is 6.26. The molecule has 2 atom stereocenters. The van der Waals surface area contributed by atoms with Crippen LogP contribution < -0.4 is 14.6 Å². The van der Waals surface area contributed by atoms with Gasteiger partial charge in [-0.05, 0) is 24.3 Å². The predicted molar refractivity (Wildman–Crippen MR) is 86.8 cm³/mol. The zero-order valence-corrected chi connectivity index (χ0v) is 12.9. The second kappa shape index (κ2) is 5.45. The van der Waals surface area contributed by atoms with Gasteiger partial charge in [0.25, 0.3) is 11.8 Å². The van der Waals surface area contributed by atoms with Crippen molar-refractivity contribution in [2.45, 2.75) is 12.1 Å². The van der Waals surface area contributed by atoms with E-state index in [1.54, 1.807) is 24.3 Å². The topological polar surface area (TPSA) is 74.6 Å². The maximum absolute atomic E-state index is 12.9. The van der Waals surface area contributed by atoms with Crippen LogP contribution in [0, 0.1) is 0 Å². The number of fused-ring (bicyclic) bond motifs is 1. The van der Waals surface area contributed by atoms with Crippen molar-refractivity contribution in [3.8, 4) is 5.75 Å². The number of amides is 2. The van der Waals surface area contributed by atoms with Crippen molar-refractivity contribution < 1.29 is 14.3 Å². The zero-order valence-electron chi connectivity index (χ0n) is 12.9. The van der Waals surface area contributed by atoms with Gasteiger partial charge in [0, 0.05) is 6.07 Å². The molecule has 2 aromatic rings. The van der Waals surface area contributed by atoms with Gasteiger partial charge in [-0.1, -0.05) is 29.5 Å². The zero-order chi connectivity index (χ0) is 16.7. The molecule has 1 fully saturated rings. The summed E-state index contributed by atoms with van der Waals surface area (Å²) < 4.78 is 5.17. The summed E-state index contributed by atoms with van der Waals surface area (Å²) >= 11 is 0. The molecule has 2 aliphatic rings. The van der Waals surface area contributed by atoms with E-state index in [2.05, 4.69) is 10.3 Å². The molecule has 2 aromatic carbocycles. The minimum atomic E-state index is -0.816. The first kappa shape index (κ1) is 14.4. The summed E-state index contributed by atoms with van der Waals surface area (Å²) in [7, 11) is 1.53. The first-order chi connectivity index (χ1) is 11.7. The second-order valence-electron chi connectivity index (χ2n) is 5.49. The highest BCUT2D eigenvalue weighted by Crippen LogP contribution is 2.35. The molecule has 0 N–H and O–H groups in total. The Morgan fingerprint density at radius 1 is 0.958 bits per heavy atom. The third-order valence-corrected chi connectivity index (χ3v) is 4.11. The number of nitrogens with zero attached hydrogens (tertiary/aromatic N) is 4. The van der Waals surface area contributed by atoms with Gasteiger partial charge >= 0.3 is 0 Å². The Morgan fingerprint density at radius 2 is 1.71 bits per heavy atom. The number of hydrogen-bond donors (Lipinski definition) is 0. The lowest BCUT2D eigenvalue weighted by atomic mass is 10.1. The van der Waals surface area contributed by atoms with Crippen molar-refractivity contribution in [1.82, 2.24) is 0 Å². The molecule has 7 nitrogen and oxygen atoms in total. The number of imide groups is 1. The monoisotopic (exact) mass is 322 g/mol. The summed E-state index contributed by atoms with van der Waals surface area (Å²) in [5, 5.41) is 9.54. The third kappa shape index (κ3) is 2.05. The van der Waals surface area contributed by atoms with E-state index in [1.165, 1.54) is 12.1 Å². The third-order valence-electron chi connectivity index (χ3n) is 4.11. The smallest absolute Gasteiger partial charge is 0.263 e. The molecular formula is C17H14N4O3. The molecule has 0 radical (unpaired) electrons. The van der Waals surface area contributed by atoms with Crippen LogP contribution in [0.15, 0.2) is 64.9 Å². The van der Waals surface area contributed by atoms with Crippen molar-refractivity contribution in [2.75, 3.05) is 17.0 Å². The molecule has 2 aliphatic heterocycles. The van der Waals surface area contributed by atoms with E-state index in [0.717, 1.165) is 10.6 Å². The lowest BCUT2D eigenvalue weighted by Crippen LogP contribution is -2.39. The molecule has 0 bridgehead atoms. The minimum absolute atomic E-state index is 0.341. The summed E-state index contributed by atoms with van der Waals surface area (Å²) in [6.45, 7) is 0. The number of para-hydroxylation sites is 1. The molecule has 24 heavy (non-hydrogen) atoms. The quantitative estimate of drug-likeness (QED) is 0.812. The van der Waals surface area contributed by atoms with Gasteiger partial charge < -0.3 is 4.74 Å². The van der Waals surface area contributed by atoms with Crippen molar-refractivity contribution in [3.05, 3.63) is 54.6 Å². The fraction of sp³-hybridized carbons (Fsp3) is 0.176. The fourth-order valence-corrected chi connectivity index (χ4v) is 2.96. The average Bonchev–Trinajstić information content (AvgIpc) is 3.16. The number of hydrogen-bond acceptors (Lipinski definition) is 6. The van der Waals surface area contributed by atoms with Crippen LogP contribution in [0.4, 0.5) is 11.4 Å². The van der Waals surface area contributed by atoms with Crippen LogP contribution in [0.25, 0.3) is 0 Å². The summed E-state index contributed by atoms with van der Waals surface area (Å²) in [6.07, 6.45) is 0. The first-order valence-electron chi connectivity index (χ1n) is 7.47. The Bertz CT molecular complexity index is 837. The molecule has 1 saturated heterocycles. The van der Waals surface area contributed by atoms with Gasteiger partial charge in [0.05, 0.1) is 18.5 Å². The Labute approximate surface area is 138 Å². The largest absolute Gasteiger partial charge is 0.497 e. The highest BCUT2D eigenvalue weighted by Gasteiger charge is 2.55. The van der Waals surface area contributed by atoms with Gasteiger partial charge in [0.15, 0.2) is 12.1 Å². The standard InChI is InChI=1S/C17H14N4O3/c1-24-13-9-5-8-12(10-13)20-16(22)14-15(17(20)23)21(19-18-14)11-6-3-2-4-7-11/h2-10,14-15H,1H3/t14-,15-/m0/s1. The van der Waals surface area contributed by atoms with Gasteiger partial charge in [-0.3, -0.25) is 9.59 Å². The van der Waals surface area contributed by atoms with Gasteiger partial charge in [-0.2, -0.15) is 5.11 Å².